The lowest BCUT2D eigenvalue weighted by atomic mass is 9.92. The Hall–Kier alpha value is -2.72. The maximum atomic E-state index is 12.8. The van der Waals surface area contributed by atoms with Gasteiger partial charge in [0, 0.05) is 32.1 Å². The molecule has 156 valence electrons. The molecule has 2 aliphatic heterocycles. The minimum absolute atomic E-state index is 0.00178. The highest BCUT2D eigenvalue weighted by Crippen LogP contribution is 2.35. The molecule has 1 amide bonds. The van der Waals surface area contributed by atoms with Gasteiger partial charge in [0.2, 0.25) is 5.91 Å². The van der Waals surface area contributed by atoms with Gasteiger partial charge in [0.25, 0.3) is 0 Å². The van der Waals surface area contributed by atoms with E-state index in [-0.39, 0.29) is 37.8 Å². The van der Waals surface area contributed by atoms with Crippen LogP contribution in [0.2, 0.25) is 0 Å². The SMILES string of the molecule is O=C(C1CCN(c2ccc(-n3cncn3)nn2)CC1)N1CCC(C(F)(F)F)CC1. The van der Waals surface area contributed by atoms with Crippen molar-refractivity contribution in [1.82, 2.24) is 29.9 Å². The topological polar surface area (TPSA) is 80.0 Å². The third-order valence-corrected chi connectivity index (χ3v) is 5.73. The molecule has 0 atom stereocenters. The van der Waals surface area contributed by atoms with E-state index in [0.29, 0.717) is 31.7 Å². The molecule has 0 bridgehead atoms. The lowest BCUT2D eigenvalue weighted by molar-refractivity contribution is -0.187. The van der Waals surface area contributed by atoms with E-state index in [2.05, 4.69) is 25.2 Å². The first-order valence-electron chi connectivity index (χ1n) is 9.71. The molecule has 0 unspecified atom stereocenters. The molecule has 4 heterocycles. The maximum absolute atomic E-state index is 12.8. The molecule has 0 radical (unpaired) electrons. The van der Waals surface area contributed by atoms with Crippen LogP contribution in [0.3, 0.4) is 0 Å². The Kier molecular flexibility index (Phi) is 5.37. The van der Waals surface area contributed by atoms with Crippen LogP contribution in [0, 0.1) is 11.8 Å². The lowest BCUT2D eigenvalue weighted by Crippen LogP contribution is -2.47. The van der Waals surface area contributed by atoms with Gasteiger partial charge >= 0.3 is 6.18 Å². The fraction of sp³-hybridized carbons (Fsp3) is 0.611. The summed E-state index contributed by atoms with van der Waals surface area (Å²) >= 11 is 0. The van der Waals surface area contributed by atoms with Gasteiger partial charge in [-0.15, -0.1) is 10.2 Å². The van der Waals surface area contributed by atoms with Gasteiger partial charge in [0.1, 0.15) is 12.7 Å². The highest BCUT2D eigenvalue weighted by atomic mass is 19.4. The summed E-state index contributed by atoms with van der Waals surface area (Å²) in [7, 11) is 0. The van der Waals surface area contributed by atoms with E-state index in [1.807, 2.05) is 6.07 Å². The van der Waals surface area contributed by atoms with Crippen LogP contribution in [0.15, 0.2) is 24.8 Å². The van der Waals surface area contributed by atoms with E-state index in [0.717, 1.165) is 5.82 Å². The van der Waals surface area contributed by atoms with E-state index in [9.17, 15) is 18.0 Å². The number of piperidine rings is 2. The second-order valence-corrected chi connectivity index (χ2v) is 7.49. The molecule has 2 fully saturated rings. The Bertz CT molecular complexity index is 809. The molecule has 0 aliphatic carbocycles. The van der Waals surface area contributed by atoms with Crippen LogP contribution in [0.5, 0.6) is 0 Å². The van der Waals surface area contributed by atoms with Crippen molar-refractivity contribution in [2.75, 3.05) is 31.1 Å². The Morgan fingerprint density at radius 2 is 1.62 bits per heavy atom. The smallest absolute Gasteiger partial charge is 0.355 e. The van der Waals surface area contributed by atoms with Gasteiger partial charge in [-0.3, -0.25) is 4.79 Å². The van der Waals surface area contributed by atoms with Crippen molar-refractivity contribution in [3.05, 3.63) is 24.8 Å². The first kappa shape index (κ1) is 19.6. The van der Waals surface area contributed by atoms with Crippen molar-refractivity contribution in [2.45, 2.75) is 31.9 Å². The molecule has 2 aromatic rings. The Labute approximate surface area is 165 Å². The highest BCUT2D eigenvalue weighted by Gasteiger charge is 2.42. The number of anilines is 1. The average Bonchev–Trinajstić information content (AvgIpc) is 3.28. The molecule has 2 saturated heterocycles. The molecule has 2 aliphatic rings. The standard InChI is InChI=1S/C18H22F3N7O/c19-18(20,21)14-5-9-27(10-6-14)17(29)13-3-7-26(8-4-13)15-1-2-16(25-24-15)28-12-22-11-23-28/h1-2,11-14H,3-10H2. The summed E-state index contributed by atoms with van der Waals surface area (Å²) in [6.45, 7) is 1.70. The largest absolute Gasteiger partial charge is 0.391 e. The monoisotopic (exact) mass is 409 g/mol. The Morgan fingerprint density at radius 1 is 0.966 bits per heavy atom. The predicted octanol–water partition coefficient (Wildman–Crippen LogP) is 2.07. The summed E-state index contributed by atoms with van der Waals surface area (Å²) in [6, 6.07) is 3.66. The van der Waals surface area contributed by atoms with Crippen LogP contribution in [0.1, 0.15) is 25.7 Å². The molecular weight excluding hydrogens is 387 g/mol. The maximum Gasteiger partial charge on any atom is 0.391 e. The van der Waals surface area contributed by atoms with E-state index in [1.165, 1.54) is 17.3 Å². The number of amides is 1. The molecule has 29 heavy (non-hydrogen) atoms. The summed E-state index contributed by atoms with van der Waals surface area (Å²) in [6.07, 6.45) is 0.116. The fourth-order valence-electron chi connectivity index (χ4n) is 3.98. The predicted molar refractivity (Wildman–Crippen MR) is 97.2 cm³/mol. The second kappa shape index (κ2) is 7.96. The Balaban J connectivity index is 1.29. The Morgan fingerprint density at radius 3 is 2.17 bits per heavy atom. The number of hydrogen-bond acceptors (Lipinski definition) is 6. The first-order chi connectivity index (χ1) is 13.9. The molecule has 4 rings (SSSR count). The normalized spacial score (nSPS) is 19.6. The van der Waals surface area contributed by atoms with Gasteiger partial charge in [-0.2, -0.15) is 18.3 Å². The number of aromatic nitrogens is 5. The highest BCUT2D eigenvalue weighted by molar-refractivity contribution is 5.79. The minimum Gasteiger partial charge on any atom is -0.355 e. The summed E-state index contributed by atoms with van der Waals surface area (Å²) in [5.41, 5.74) is 0. The number of alkyl halides is 3. The number of carbonyl (C=O) groups excluding carboxylic acids is 1. The number of likely N-dealkylation sites (tertiary alicyclic amines) is 1. The van der Waals surface area contributed by atoms with E-state index < -0.39 is 12.1 Å². The second-order valence-electron chi connectivity index (χ2n) is 7.49. The third-order valence-electron chi connectivity index (χ3n) is 5.73. The summed E-state index contributed by atoms with van der Waals surface area (Å²) in [5, 5.41) is 12.4. The van der Waals surface area contributed by atoms with Crippen LogP contribution in [-0.4, -0.2) is 68.1 Å². The van der Waals surface area contributed by atoms with E-state index >= 15 is 0 Å². The van der Waals surface area contributed by atoms with E-state index in [4.69, 9.17) is 0 Å². The van der Waals surface area contributed by atoms with Crippen LogP contribution >= 0.6 is 0 Å². The van der Waals surface area contributed by atoms with Crippen molar-refractivity contribution in [2.24, 2.45) is 11.8 Å². The van der Waals surface area contributed by atoms with Gasteiger partial charge < -0.3 is 9.80 Å². The van der Waals surface area contributed by atoms with Gasteiger partial charge in [-0.1, -0.05) is 0 Å². The summed E-state index contributed by atoms with van der Waals surface area (Å²) in [4.78, 5) is 20.3. The number of carbonyl (C=O) groups is 1. The van der Waals surface area contributed by atoms with Crippen molar-refractivity contribution < 1.29 is 18.0 Å². The van der Waals surface area contributed by atoms with Crippen molar-refractivity contribution >= 4 is 11.7 Å². The molecule has 11 heteroatoms. The van der Waals surface area contributed by atoms with Crippen molar-refractivity contribution in [1.29, 1.82) is 0 Å². The van der Waals surface area contributed by atoms with Gasteiger partial charge in [0.05, 0.1) is 5.92 Å². The van der Waals surface area contributed by atoms with Crippen LogP contribution in [-0.2, 0) is 4.79 Å². The third kappa shape index (κ3) is 4.33. The number of halogens is 3. The summed E-state index contributed by atoms with van der Waals surface area (Å²) in [5.74, 6) is -0.147. The molecule has 0 N–H and O–H groups in total. The molecule has 8 nitrogen and oxygen atoms in total. The minimum atomic E-state index is -4.16. The zero-order valence-electron chi connectivity index (χ0n) is 15.8. The fourth-order valence-corrected chi connectivity index (χ4v) is 3.98. The number of rotatable bonds is 3. The van der Waals surface area contributed by atoms with Crippen LogP contribution in [0.4, 0.5) is 19.0 Å². The molecular formula is C18H22F3N7O. The molecule has 2 aromatic heterocycles. The molecule has 0 saturated carbocycles. The van der Waals surface area contributed by atoms with E-state index in [1.54, 1.807) is 11.0 Å². The molecule has 0 spiro atoms. The summed E-state index contributed by atoms with van der Waals surface area (Å²) < 4.78 is 39.9. The van der Waals surface area contributed by atoms with Gasteiger partial charge in [-0.05, 0) is 37.8 Å². The zero-order valence-corrected chi connectivity index (χ0v) is 15.8. The van der Waals surface area contributed by atoms with Crippen LogP contribution in [0.25, 0.3) is 5.82 Å². The quantitative estimate of drug-likeness (QED) is 0.772. The van der Waals surface area contributed by atoms with Crippen molar-refractivity contribution in [3.63, 3.8) is 0 Å². The van der Waals surface area contributed by atoms with Crippen LogP contribution < -0.4 is 4.90 Å². The first-order valence-corrected chi connectivity index (χ1v) is 9.71. The van der Waals surface area contributed by atoms with Gasteiger partial charge in [0.15, 0.2) is 11.6 Å². The zero-order chi connectivity index (χ0) is 20.4. The number of hydrogen-bond donors (Lipinski definition) is 0. The molecule has 0 aromatic carbocycles. The lowest BCUT2D eigenvalue weighted by Gasteiger charge is -2.37. The number of nitrogens with zero attached hydrogens (tertiary/aromatic N) is 7. The average molecular weight is 409 g/mol. The van der Waals surface area contributed by atoms with Crippen molar-refractivity contribution in [3.8, 4) is 5.82 Å². The van der Waals surface area contributed by atoms with Gasteiger partial charge in [-0.25, -0.2) is 9.67 Å².